The summed E-state index contributed by atoms with van der Waals surface area (Å²) < 4.78 is 0. The molecule has 1 aromatic rings. The maximum absolute atomic E-state index is 6.65. The van der Waals surface area contributed by atoms with Gasteiger partial charge in [0.2, 0.25) is 0 Å². The van der Waals surface area contributed by atoms with Crippen molar-refractivity contribution in [3.05, 3.63) is 35.9 Å². The van der Waals surface area contributed by atoms with Crippen molar-refractivity contribution in [1.29, 1.82) is 0 Å². The standard InChI is InChI=1S/C15H23N/c1-2-11-15(16)12-7-6-10-14(15)13-8-4-3-5-9-13/h3-5,8-9,14H,2,6-7,10-12,16H2,1H3. The summed E-state index contributed by atoms with van der Waals surface area (Å²) in [6, 6.07) is 10.8. The third kappa shape index (κ3) is 2.30. The molecule has 1 nitrogen and oxygen atoms in total. The van der Waals surface area contributed by atoms with E-state index in [-0.39, 0.29) is 5.54 Å². The van der Waals surface area contributed by atoms with Crippen molar-refractivity contribution in [2.24, 2.45) is 5.73 Å². The van der Waals surface area contributed by atoms with Gasteiger partial charge in [-0.2, -0.15) is 0 Å². The topological polar surface area (TPSA) is 26.0 Å². The Morgan fingerprint density at radius 3 is 2.69 bits per heavy atom. The van der Waals surface area contributed by atoms with E-state index in [1.807, 2.05) is 0 Å². The molecule has 0 bridgehead atoms. The summed E-state index contributed by atoms with van der Waals surface area (Å²) in [6.45, 7) is 2.24. The molecule has 1 fully saturated rings. The second-order valence-electron chi connectivity index (χ2n) is 5.19. The van der Waals surface area contributed by atoms with Gasteiger partial charge in [-0.25, -0.2) is 0 Å². The monoisotopic (exact) mass is 217 g/mol. The minimum absolute atomic E-state index is 0.0500. The minimum Gasteiger partial charge on any atom is -0.325 e. The van der Waals surface area contributed by atoms with Crippen LogP contribution in [0.15, 0.2) is 30.3 Å². The normalized spacial score (nSPS) is 30.2. The highest BCUT2D eigenvalue weighted by molar-refractivity contribution is 5.24. The molecule has 0 radical (unpaired) electrons. The Morgan fingerprint density at radius 2 is 2.00 bits per heavy atom. The Hall–Kier alpha value is -0.820. The Kier molecular flexibility index (Phi) is 3.65. The first-order valence-corrected chi connectivity index (χ1v) is 6.60. The zero-order valence-electron chi connectivity index (χ0n) is 10.3. The van der Waals surface area contributed by atoms with Gasteiger partial charge in [-0.1, -0.05) is 56.5 Å². The van der Waals surface area contributed by atoms with Gasteiger partial charge in [0, 0.05) is 11.5 Å². The lowest BCUT2D eigenvalue weighted by molar-refractivity contribution is 0.234. The third-order valence-corrected chi connectivity index (χ3v) is 4.00. The average Bonchev–Trinajstić information content (AvgIpc) is 2.31. The number of hydrogen-bond acceptors (Lipinski definition) is 1. The zero-order valence-corrected chi connectivity index (χ0v) is 10.3. The first kappa shape index (κ1) is 11.7. The quantitative estimate of drug-likeness (QED) is 0.818. The molecule has 0 heterocycles. The van der Waals surface area contributed by atoms with E-state index in [0.29, 0.717) is 5.92 Å². The molecule has 0 aliphatic heterocycles. The largest absolute Gasteiger partial charge is 0.325 e. The van der Waals surface area contributed by atoms with Crippen molar-refractivity contribution in [3.8, 4) is 0 Å². The van der Waals surface area contributed by atoms with Crippen LogP contribution in [0.25, 0.3) is 0 Å². The highest BCUT2D eigenvalue weighted by Crippen LogP contribution is 2.41. The fourth-order valence-corrected chi connectivity index (χ4v) is 3.21. The molecule has 16 heavy (non-hydrogen) atoms. The van der Waals surface area contributed by atoms with Gasteiger partial charge in [-0.05, 0) is 24.8 Å². The van der Waals surface area contributed by atoms with Crippen molar-refractivity contribution in [1.82, 2.24) is 0 Å². The molecular weight excluding hydrogens is 194 g/mol. The fourth-order valence-electron chi connectivity index (χ4n) is 3.21. The van der Waals surface area contributed by atoms with E-state index in [4.69, 9.17) is 5.73 Å². The van der Waals surface area contributed by atoms with Gasteiger partial charge in [0.05, 0.1) is 0 Å². The van der Waals surface area contributed by atoms with E-state index in [2.05, 4.69) is 37.3 Å². The van der Waals surface area contributed by atoms with Crippen molar-refractivity contribution in [2.75, 3.05) is 0 Å². The van der Waals surface area contributed by atoms with Crippen molar-refractivity contribution >= 4 is 0 Å². The summed E-state index contributed by atoms with van der Waals surface area (Å²) in [4.78, 5) is 0. The summed E-state index contributed by atoms with van der Waals surface area (Å²) in [5.74, 6) is 0.572. The molecule has 1 saturated carbocycles. The molecular formula is C15H23N. The smallest absolute Gasteiger partial charge is 0.0223 e. The number of nitrogens with two attached hydrogens (primary N) is 1. The number of hydrogen-bond donors (Lipinski definition) is 1. The van der Waals surface area contributed by atoms with E-state index in [9.17, 15) is 0 Å². The van der Waals surface area contributed by atoms with Crippen molar-refractivity contribution < 1.29 is 0 Å². The Morgan fingerprint density at radius 1 is 1.25 bits per heavy atom. The van der Waals surface area contributed by atoms with Crippen LogP contribution in [0.3, 0.4) is 0 Å². The van der Waals surface area contributed by atoms with E-state index in [1.165, 1.54) is 37.7 Å². The number of rotatable bonds is 3. The molecule has 2 unspecified atom stereocenters. The molecule has 1 aliphatic rings. The number of benzene rings is 1. The molecule has 1 aromatic carbocycles. The van der Waals surface area contributed by atoms with E-state index in [1.54, 1.807) is 0 Å². The molecule has 1 heteroatoms. The highest BCUT2D eigenvalue weighted by Gasteiger charge is 2.36. The van der Waals surface area contributed by atoms with Crippen molar-refractivity contribution in [3.63, 3.8) is 0 Å². The van der Waals surface area contributed by atoms with Crippen LogP contribution >= 0.6 is 0 Å². The van der Waals surface area contributed by atoms with E-state index >= 15 is 0 Å². The Balaban J connectivity index is 2.23. The molecule has 88 valence electrons. The van der Waals surface area contributed by atoms with Gasteiger partial charge in [0.25, 0.3) is 0 Å². The minimum atomic E-state index is 0.0500. The van der Waals surface area contributed by atoms with Crippen LogP contribution in [0.2, 0.25) is 0 Å². The van der Waals surface area contributed by atoms with Gasteiger partial charge < -0.3 is 5.73 Å². The molecule has 2 N–H and O–H groups in total. The van der Waals surface area contributed by atoms with Crippen LogP contribution in [0, 0.1) is 0 Å². The molecule has 2 atom stereocenters. The van der Waals surface area contributed by atoms with Gasteiger partial charge in [-0.3, -0.25) is 0 Å². The molecule has 2 rings (SSSR count). The predicted molar refractivity (Wildman–Crippen MR) is 69.5 cm³/mol. The first-order valence-electron chi connectivity index (χ1n) is 6.60. The fraction of sp³-hybridized carbons (Fsp3) is 0.600. The van der Waals surface area contributed by atoms with Crippen LogP contribution in [0.4, 0.5) is 0 Å². The lowest BCUT2D eigenvalue weighted by Crippen LogP contribution is -2.47. The molecule has 1 aliphatic carbocycles. The second kappa shape index (κ2) is 5.01. The van der Waals surface area contributed by atoms with Crippen LogP contribution in [-0.2, 0) is 0 Å². The highest BCUT2D eigenvalue weighted by atomic mass is 14.8. The zero-order chi connectivity index (χ0) is 11.4. The summed E-state index contributed by atoms with van der Waals surface area (Å²) in [7, 11) is 0. The van der Waals surface area contributed by atoms with Crippen LogP contribution in [0.1, 0.15) is 56.9 Å². The predicted octanol–water partition coefficient (Wildman–Crippen LogP) is 3.84. The molecule has 0 saturated heterocycles. The first-order chi connectivity index (χ1) is 7.76. The average molecular weight is 217 g/mol. The van der Waals surface area contributed by atoms with Gasteiger partial charge >= 0.3 is 0 Å². The van der Waals surface area contributed by atoms with Crippen LogP contribution in [0.5, 0.6) is 0 Å². The van der Waals surface area contributed by atoms with Crippen molar-refractivity contribution in [2.45, 2.75) is 56.9 Å². The third-order valence-electron chi connectivity index (χ3n) is 4.00. The molecule has 0 aromatic heterocycles. The summed E-state index contributed by atoms with van der Waals surface area (Å²) in [5.41, 5.74) is 8.14. The Bertz CT molecular complexity index is 315. The van der Waals surface area contributed by atoms with Gasteiger partial charge in [0.15, 0.2) is 0 Å². The van der Waals surface area contributed by atoms with E-state index < -0.39 is 0 Å². The van der Waals surface area contributed by atoms with Gasteiger partial charge in [-0.15, -0.1) is 0 Å². The van der Waals surface area contributed by atoms with Gasteiger partial charge in [0.1, 0.15) is 0 Å². The summed E-state index contributed by atoms with van der Waals surface area (Å²) in [5, 5.41) is 0. The summed E-state index contributed by atoms with van der Waals surface area (Å²) in [6.07, 6.45) is 7.45. The van der Waals surface area contributed by atoms with Crippen LogP contribution < -0.4 is 5.73 Å². The lowest BCUT2D eigenvalue weighted by Gasteiger charge is -2.41. The lowest BCUT2D eigenvalue weighted by atomic mass is 9.68. The maximum atomic E-state index is 6.65. The second-order valence-corrected chi connectivity index (χ2v) is 5.19. The Labute approximate surface area is 99.0 Å². The summed E-state index contributed by atoms with van der Waals surface area (Å²) >= 11 is 0. The maximum Gasteiger partial charge on any atom is 0.0223 e. The molecule has 0 amide bonds. The van der Waals surface area contributed by atoms with Crippen LogP contribution in [-0.4, -0.2) is 5.54 Å². The molecule has 0 spiro atoms. The van der Waals surface area contributed by atoms with E-state index in [0.717, 1.165) is 6.42 Å². The SMILES string of the molecule is CCCC1(N)CCCCC1c1ccccc1.